The van der Waals surface area contributed by atoms with Crippen molar-refractivity contribution in [3.63, 3.8) is 0 Å². The van der Waals surface area contributed by atoms with Gasteiger partial charge in [-0.3, -0.25) is 9.59 Å². The summed E-state index contributed by atoms with van der Waals surface area (Å²) in [6.45, 7) is 1.99. The molecule has 0 saturated heterocycles. The number of benzene rings is 2. The van der Waals surface area contributed by atoms with Crippen LogP contribution in [0.25, 0.3) is 0 Å². The highest BCUT2D eigenvalue weighted by Crippen LogP contribution is 2.33. The van der Waals surface area contributed by atoms with Crippen LogP contribution in [0.5, 0.6) is 0 Å². The molecule has 2 aromatic carbocycles. The van der Waals surface area contributed by atoms with Gasteiger partial charge < -0.3 is 10.4 Å². The van der Waals surface area contributed by atoms with Gasteiger partial charge in [-0.2, -0.15) is 0 Å². The molecule has 0 radical (unpaired) electrons. The van der Waals surface area contributed by atoms with Crippen molar-refractivity contribution in [2.24, 2.45) is 5.92 Å². The minimum absolute atomic E-state index is 0.0206. The van der Waals surface area contributed by atoms with Crippen molar-refractivity contribution >= 4 is 11.7 Å². The number of Topliss-reactive ketones (excluding diaryl/α,β-unsaturated/α-hetero) is 1. The van der Waals surface area contributed by atoms with E-state index in [1.54, 1.807) is 0 Å². The molecule has 1 amide bonds. The molecule has 2 aliphatic rings. The molecule has 4 nitrogen and oxygen atoms in total. The van der Waals surface area contributed by atoms with E-state index in [0.29, 0.717) is 11.5 Å². The third kappa shape index (κ3) is 6.32. The number of carbonyl (C=O) groups excluding carboxylic acids is 2. The van der Waals surface area contributed by atoms with E-state index in [1.807, 2.05) is 37.3 Å². The standard InChI is InChI=1S/C29H37NO3/c1-20-10-12-23(13-11-20)27(31)16-17-28(32)30-26(18-21-6-2-3-7-21)29(33)25-15-14-22-8-4-5-9-24(22)19-25/h10-15,19,21,26,29,33H,2-9,16-18H2,1H3,(H,30,32)/t26-,29-/m1/s1. The minimum Gasteiger partial charge on any atom is -0.386 e. The molecule has 4 rings (SSSR count). The first-order valence-electron chi connectivity index (χ1n) is 12.7. The van der Waals surface area contributed by atoms with Crippen LogP contribution in [0.2, 0.25) is 0 Å². The van der Waals surface area contributed by atoms with Gasteiger partial charge in [0.25, 0.3) is 0 Å². The lowest BCUT2D eigenvalue weighted by Gasteiger charge is -2.28. The number of aliphatic hydroxyl groups excluding tert-OH is 1. The monoisotopic (exact) mass is 447 g/mol. The van der Waals surface area contributed by atoms with E-state index in [4.69, 9.17) is 0 Å². The molecule has 33 heavy (non-hydrogen) atoms. The van der Waals surface area contributed by atoms with E-state index in [9.17, 15) is 14.7 Å². The molecule has 2 aliphatic carbocycles. The van der Waals surface area contributed by atoms with Crippen molar-refractivity contribution in [1.82, 2.24) is 5.32 Å². The van der Waals surface area contributed by atoms with Gasteiger partial charge in [-0.05, 0) is 61.6 Å². The van der Waals surface area contributed by atoms with Gasteiger partial charge in [-0.1, -0.05) is 73.7 Å². The molecule has 1 fully saturated rings. The van der Waals surface area contributed by atoms with Gasteiger partial charge in [0, 0.05) is 18.4 Å². The normalized spacial score (nSPS) is 17.9. The lowest BCUT2D eigenvalue weighted by atomic mass is 9.86. The van der Waals surface area contributed by atoms with Gasteiger partial charge in [0.05, 0.1) is 12.1 Å². The zero-order valence-electron chi connectivity index (χ0n) is 19.8. The van der Waals surface area contributed by atoms with Crippen LogP contribution in [0, 0.1) is 12.8 Å². The third-order valence-electron chi connectivity index (χ3n) is 7.46. The number of carbonyl (C=O) groups is 2. The number of aryl methyl sites for hydroxylation is 3. The molecule has 0 unspecified atom stereocenters. The van der Waals surface area contributed by atoms with E-state index in [2.05, 4.69) is 17.4 Å². The summed E-state index contributed by atoms with van der Waals surface area (Å²) in [6.07, 6.45) is 9.77. The topological polar surface area (TPSA) is 66.4 Å². The molecule has 0 aliphatic heterocycles. The zero-order valence-corrected chi connectivity index (χ0v) is 19.8. The first-order valence-corrected chi connectivity index (χ1v) is 12.7. The van der Waals surface area contributed by atoms with E-state index in [-0.39, 0.29) is 30.6 Å². The summed E-state index contributed by atoms with van der Waals surface area (Å²) < 4.78 is 0. The molecule has 1 saturated carbocycles. The molecule has 2 atom stereocenters. The molecule has 176 valence electrons. The van der Waals surface area contributed by atoms with Crippen molar-refractivity contribution in [3.8, 4) is 0 Å². The van der Waals surface area contributed by atoms with Crippen molar-refractivity contribution in [3.05, 3.63) is 70.3 Å². The summed E-state index contributed by atoms with van der Waals surface area (Å²) in [5, 5.41) is 14.4. The van der Waals surface area contributed by atoms with Gasteiger partial charge in [-0.15, -0.1) is 0 Å². The maximum absolute atomic E-state index is 12.8. The summed E-state index contributed by atoms with van der Waals surface area (Å²) in [5.41, 5.74) is 5.38. The van der Waals surface area contributed by atoms with E-state index in [1.165, 1.54) is 36.8 Å². The summed E-state index contributed by atoms with van der Waals surface area (Å²) in [6, 6.07) is 13.5. The van der Waals surface area contributed by atoms with Crippen LogP contribution in [0.1, 0.15) is 96.5 Å². The number of nitrogens with one attached hydrogen (secondary N) is 1. The van der Waals surface area contributed by atoms with E-state index < -0.39 is 6.10 Å². The molecule has 0 aromatic heterocycles. The molecule has 2 aromatic rings. The molecule has 2 N–H and O–H groups in total. The highest BCUT2D eigenvalue weighted by Gasteiger charge is 2.28. The van der Waals surface area contributed by atoms with Crippen LogP contribution < -0.4 is 5.32 Å². The predicted molar refractivity (Wildman–Crippen MR) is 131 cm³/mol. The molecule has 0 spiro atoms. The largest absolute Gasteiger partial charge is 0.386 e. The summed E-state index contributed by atoms with van der Waals surface area (Å²) in [4.78, 5) is 25.3. The summed E-state index contributed by atoms with van der Waals surface area (Å²) in [7, 11) is 0. The lowest BCUT2D eigenvalue weighted by molar-refractivity contribution is -0.122. The Labute approximate surface area is 197 Å². The number of fused-ring (bicyclic) bond motifs is 1. The average molecular weight is 448 g/mol. The fourth-order valence-electron chi connectivity index (χ4n) is 5.43. The Kier molecular flexibility index (Phi) is 7.97. The van der Waals surface area contributed by atoms with E-state index in [0.717, 1.165) is 43.2 Å². The van der Waals surface area contributed by atoms with Gasteiger partial charge in [0.1, 0.15) is 0 Å². The quantitative estimate of drug-likeness (QED) is 0.489. The number of hydrogen-bond acceptors (Lipinski definition) is 3. The van der Waals surface area contributed by atoms with Gasteiger partial charge >= 0.3 is 0 Å². The first-order chi connectivity index (χ1) is 16.0. The second kappa shape index (κ2) is 11.1. The van der Waals surface area contributed by atoms with Crippen LogP contribution >= 0.6 is 0 Å². The Morgan fingerprint density at radius 1 is 0.939 bits per heavy atom. The Bertz CT molecular complexity index is 959. The summed E-state index contributed by atoms with van der Waals surface area (Å²) >= 11 is 0. The molecular weight excluding hydrogens is 410 g/mol. The van der Waals surface area contributed by atoms with Crippen LogP contribution in [-0.4, -0.2) is 22.8 Å². The molecular formula is C29H37NO3. The third-order valence-corrected chi connectivity index (χ3v) is 7.46. The fourth-order valence-corrected chi connectivity index (χ4v) is 5.43. The molecule has 4 heteroatoms. The van der Waals surface area contributed by atoms with Crippen molar-refractivity contribution < 1.29 is 14.7 Å². The maximum atomic E-state index is 12.8. The maximum Gasteiger partial charge on any atom is 0.220 e. The van der Waals surface area contributed by atoms with Gasteiger partial charge in [0.15, 0.2) is 5.78 Å². The SMILES string of the molecule is Cc1ccc(C(=O)CCC(=O)N[C@H](CC2CCCC2)[C@H](O)c2ccc3c(c2)CCCC3)cc1. The van der Waals surface area contributed by atoms with Crippen molar-refractivity contribution in [2.75, 3.05) is 0 Å². The Balaban J connectivity index is 1.40. The fraction of sp³-hybridized carbons (Fsp3) is 0.517. The van der Waals surface area contributed by atoms with Crippen LogP contribution in [0.4, 0.5) is 0 Å². The second-order valence-electron chi connectivity index (χ2n) is 10.0. The number of rotatable bonds is 9. The molecule has 0 heterocycles. The van der Waals surface area contributed by atoms with Crippen molar-refractivity contribution in [1.29, 1.82) is 0 Å². The summed E-state index contributed by atoms with van der Waals surface area (Å²) in [5.74, 6) is 0.361. The van der Waals surface area contributed by atoms with Crippen LogP contribution in [0.3, 0.4) is 0 Å². The lowest BCUT2D eigenvalue weighted by Crippen LogP contribution is -2.40. The predicted octanol–water partition coefficient (Wildman–Crippen LogP) is 5.64. The average Bonchev–Trinajstić information content (AvgIpc) is 3.35. The highest BCUT2D eigenvalue weighted by atomic mass is 16.3. The first kappa shape index (κ1) is 23.7. The Morgan fingerprint density at radius 2 is 1.64 bits per heavy atom. The van der Waals surface area contributed by atoms with Gasteiger partial charge in [-0.25, -0.2) is 0 Å². The van der Waals surface area contributed by atoms with Gasteiger partial charge in [0.2, 0.25) is 5.91 Å². The number of hydrogen-bond donors (Lipinski definition) is 2. The van der Waals surface area contributed by atoms with E-state index >= 15 is 0 Å². The number of aliphatic hydroxyl groups is 1. The number of ketones is 1. The Hall–Kier alpha value is -2.46. The molecule has 0 bridgehead atoms. The minimum atomic E-state index is -0.727. The Morgan fingerprint density at radius 3 is 2.36 bits per heavy atom. The number of amides is 1. The van der Waals surface area contributed by atoms with Crippen LogP contribution in [0.15, 0.2) is 42.5 Å². The second-order valence-corrected chi connectivity index (χ2v) is 10.0. The smallest absolute Gasteiger partial charge is 0.220 e. The van der Waals surface area contributed by atoms with Crippen LogP contribution in [-0.2, 0) is 17.6 Å². The highest BCUT2D eigenvalue weighted by molar-refractivity contribution is 5.98. The zero-order chi connectivity index (χ0) is 23.2. The van der Waals surface area contributed by atoms with Crippen molar-refractivity contribution in [2.45, 2.75) is 89.7 Å².